The lowest BCUT2D eigenvalue weighted by Gasteiger charge is -2.18. The minimum Gasteiger partial charge on any atom is -0.268 e. The third kappa shape index (κ3) is 3.76. The summed E-state index contributed by atoms with van der Waals surface area (Å²) in [6, 6.07) is 12.0. The number of aromatic nitrogens is 2. The molecule has 1 aromatic heterocycles. The van der Waals surface area contributed by atoms with Gasteiger partial charge < -0.3 is 0 Å². The molecule has 0 N–H and O–H groups in total. The Hall–Kier alpha value is -1.94. The lowest BCUT2D eigenvalue weighted by Crippen LogP contribution is -2.19. The maximum absolute atomic E-state index is 5.71. The molecule has 1 aromatic carbocycles. The Kier molecular flexibility index (Phi) is 4.47. The van der Waals surface area contributed by atoms with Crippen LogP contribution in [0.1, 0.15) is 24.0 Å². The molecule has 0 aliphatic rings. The predicted octanol–water partition coefficient (Wildman–Crippen LogP) is 2.92. The van der Waals surface area contributed by atoms with Gasteiger partial charge in [0.2, 0.25) is 0 Å². The molecule has 0 aliphatic carbocycles. The average Bonchev–Trinajstić information content (AvgIpc) is 2.45. The van der Waals surface area contributed by atoms with Crippen molar-refractivity contribution < 1.29 is 4.84 Å². The van der Waals surface area contributed by atoms with Crippen molar-refractivity contribution in [2.24, 2.45) is 0 Å². The molecule has 0 radical (unpaired) electrons. The van der Waals surface area contributed by atoms with Crippen LogP contribution in [0.25, 0.3) is 0 Å². The first-order valence-corrected chi connectivity index (χ1v) is 6.44. The fourth-order valence-electron chi connectivity index (χ4n) is 1.77. The second-order valence-electron chi connectivity index (χ2n) is 4.37. The monoisotopic (exact) mass is 257 g/mol. The molecule has 19 heavy (non-hydrogen) atoms. The van der Waals surface area contributed by atoms with Gasteiger partial charge in [0.25, 0.3) is 0 Å². The summed E-state index contributed by atoms with van der Waals surface area (Å²) < 4.78 is 0. The topological polar surface area (TPSA) is 38.2 Å². The van der Waals surface area contributed by atoms with Crippen molar-refractivity contribution >= 4 is 5.82 Å². The van der Waals surface area contributed by atoms with Crippen molar-refractivity contribution in [3.05, 3.63) is 53.5 Å². The van der Waals surface area contributed by atoms with E-state index in [9.17, 15) is 0 Å². The molecule has 100 valence electrons. The highest BCUT2D eigenvalue weighted by molar-refractivity contribution is 5.36. The van der Waals surface area contributed by atoms with Crippen molar-refractivity contribution in [3.63, 3.8) is 0 Å². The van der Waals surface area contributed by atoms with E-state index in [2.05, 4.69) is 16.9 Å². The van der Waals surface area contributed by atoms with Crippen LogP contribution in [0.5, 0.6) is 0 Å². The van der Waals surface area contributed by atoms with Gasteiger partial charge in [0.05, 0.1) is 6.61 Å². The zero-order valence-electron chi connectivity index (χ0n) is 11.6. The fraction of sp³-hybridized carbons (Fsp3) is 0.333. The van der Waals surface area contributed by atoms with Crippen LogP contribution in [0, 0.1) is 6.92 Å². The SMILES string of the molecule is CCc1cc(N(C)OCc2ccccc2)nc(C)n1. The Morgan fingerprint density at radius 2 is 1.89 bits per heavy atom. The van der Waals surface area contributed by atoms with Crippen LogP contribution in [0.2, 0.25) is 0 Å². The van der Waals surface area contributed by atoms with E-state index in [4.69, 9.17) is 4.84 Å². The maximum atomic E-state index is 5.71. The highest BCUT2D eigenvalue weighted by Gasteiger charge is 2.06. The average molecular weight is 257 g/mol. The van der Waals surface area contributed by atoms with Gasteiger partial charge in [-0.15, -0.1) is 0 Å². The summed E-state index contributed by atoms with van der Waals surface area (Å²) in [5.41, 5.74) is 2.16. The Morgan fingerprint density at radius 3 is 2.58 bits per heavy atom. The molecule has 0 atom stereocenters. The van der Waals surface area contributed by atoms with E-state index in [0.29, 0.717) is 6.61 Å². The van der Waals surface area contributed by atoms with Crippen LogP contribution < -0.4 is 5.06 Å². The summed E-state index contributed by atoms with van der Waals surface area (Å²) in [6.45, 7) is 4.51. The smallest absolute Gasteiger partial charge is 0.155 e. The quantitative estimate of drug-likeness (QED) is 0.772. The molecule has 4 heteroatoms. The number of benzene rings is 1. The molecule has 2 aromatic rings. The zero-order valence-corrected chi connectivity index (χ0v) is 11.6. The highest BCUT2D eigenvalue weighted by Crippen LogP contribution is 2.13. The minimum atomic E-state index is 0.530. The van der Waals surface area contributed by atoms with E-state index >= 15 is 0 Å². The normalized spacial score (nSPS) is 10.5. The number of anilines is 1. The zero-order chi connectivity index (χ0) is 13.7. The van der Waals surface area contributed by atoms with Gasteiger partial charge >= 0.3 is 0 Å². The van der Waals surface area contributed by atoms with E-state index in [1.165, 1.54) is 0 Å². The maximum Gasteiger partial charge on any atom is 0.155 e. The second-order valence-corrected chi connectivity index (χ2v) is 4.37. The van der Waals surface area contributed by atoms with Crippen molar-refractivity contribution in [1.29, 1.82) is 0 Å². The Balaban J connectivity index is 2.03. The molecule has 1 heterocycles. The Morgan fingerprint density at radius 1 is 1.16 bits per heavy atom. The van der Waals surface area contributed by atoms with Gasteiger partial charge in [-0.05, 0) is 18.9 Å². The van der Waals surface area contributed by atoms with E-state index in [-0.39, 0.29) is 0 Å². The number of hydrogen-bond donors (Lipinski definition) is 0. The summed E-state index contributed by atoms with van der Waals surface area (Å²) in [6.07, 6.45) is 0.892. The van der Waals surface area contributed by atoms with Crippen LogP contribution >= 0.6 is 0 Å². The number of rotatable bonds is 5. The largest absolute Gasteiger partial charge is 0.268 e. The molecule has 0 bridgehead atoms. The minimum absolute atomic E-state index is 0.530. The molecule has 0 saturated carbocycles. The van der Waals surface area contributed by atoms with Gasteiger partial charge in [-0.2, -0.15) is 0 Å². The van der Waals surface area contributed by atoms with Gasteiger partial charge in [-0.3, -0.25) is 4.84 Å². The van der Waals surface area contributed by atoms with Gasteiger partial charge in [-0.25, -0.2) is 15.0 Å². The molecular weight excluding hydrogens is 238 g/mol. The molecule has 0 amide bonds. The van der Waals surface area contributed by atoms with Gasteiger partial charge in [0, 0.05) is 18.8 Å². The lowest BCUT2D eigenvalue weighted by atomic mass is 10.2. The summed E-state index contributed by atoms with van der Waals surface area (Å²) in [5.74, 6) is 1.56. The Bertz CT molecular complexity index is 528. The Labute approximate surface area is 114 Å². The van der Waals surface area contributed by atoms with E-state index in [1.54, 1.807) is 5.06 Å². The van der Waals surface area contributed by atoms with Crippen molar-refractivity contribution in [3.8, 4) is 0 Å². The van der Waals surface area contributed by atoms with Gasteiger partial charge in [-0.1, -0.05) is 37.3 Å². The van der Waals surface area contributed by atoms with Gasteiger partial charge in [0.15, 0.2) is 5.82 Å². The summed E-state index contributed by atoms with van der Waals surface area (Å²) in [7, 11) is 1.87. The summed E-state index contributed by atoms with van der Waals surface area (Å²) in [4.78, 5) is 14.5. The van der Waals surface area contributed by atoms with E-state index in [1.807, 2.05) is 50.4 Å². The molecule has 2 rings (SSSR count). The van der Waals surface area contributed by atoms with E-state index in [0.717, 1.165) is 29.3 Å². The number of nitrogens with zero attached hydrogens (tertiary/aromatic N) is 3. The molecule has 0 spiro atoms. The fourth-order valence-corrected chi connectivity index (χ4v) is 1.77. The van der Waals surface area contributed by atoms with Crippen LogP contribution in [0.4, 0.5) is 5.82 Å². The lowest BCUT2D eigenvalue weighted by molar-refractivity contribution is 0.106. The van der Waals surface area contributed by atoms with Crippen molar-refractivity contribution in [2.45, 2.75) is 26.9 Å². The van der Waals surface area contributed by atoms with Crippen molar-refractivity contribution in [2.75, 3.05) is 12.1 Å². The molecule has 0 fully saturated rings. The molecule has 0 aliphatic heterocycles. The first-order valence-electron chi connectivity index (χ1n) is 6.44. The predicted molar refractivity (Wildman–Crippen MR) is 75.8 cm³/mol. The summed E-state index contributed by atoms with van der Waals surface area (Å²) >= 11 is 0. The van der Waals surface area contributed by atoms with Crippen LogP contribution in [0.3, 0.4) is 0 Å². The number of aryl methyl sites for hydroxylation is 2. The van der Waals surface area contributed by atoms with Crippen LogP contribution in [0.15, 0.2) is 36.4 Å². The molecule has 0 saturated heterocycles. The number of hydrogen-bond acceptors (Lipinski definition) is 4. The third-order valence-electron chi connectivity index (χ3n) is 2.83. The highest BCUT2D eigenvalue weighted by atomic mass is 16.7. The standard InChI is InChI=1S/C15H19N3O/c1-4-14-10-15(17-12(2)16-14)18(3)19-11-13-8-6-5-7-9-13/h5-10H,4,11H2,1-3H3. The molecule has 4 nitrogen and oxygen atoms in total. The molecular formula is C15H19N3O. The van der Waals surface area contributed by atoms with E-state index < -0.39 is 0 Å². The van der Waals surface area contributed by atoms with Crippen LogP contribution in [-0.2, 0) is 17.9 Å². The van der Waals surface area contributed by atoms with Gasteiger partial charge in [0.1, 0.15) is 5.82 Å². The van der Waals surface area contributed by atoms with Crippen LogP contribution in [-0.4, -0.2) is 17.0 Å². The van der Waals surface area contributed by atoms with Crippen molar-refractivity contribution in [1.82, 2.24) is 9.97 Å². The first kappa shape index (κ1) is 13.5. The first-order chi connectivity index (χ1) is 9.19. The molecule has 0 unspecified atom stereocenters. The third-order valence-corrected chi connectivity index (χ3v) is 2.83. The summed E-state index contributed by atoms with van der Waals surface area (Å²) in [5, 5.41) is 1.70. The number of hydroxylamine groups is 1. The second kappa shape index (κ2) is 6.29.